The number of piperidine rings is 1. The van der Waals surface area contributed by atoms with Gasteiger partial charge in [0.25, 0.3) is 0 Å². The summed E-state index contributed by atoms with van der Waals surface area (Å²) in [5.74, 6) is 5.15. The average molecular weight is 321 g/mol. The molecule has 1 fully saturated rings. The summed E-state index contributed by atoms with van der Waals surface area (Å²) in [6.07, 6.45) is 0.721. The van der Waals surface area contributed by atoms with Crippen molar-refractivity contribution in [2.45, 2.75) is 29.4 Å². The first-order valence-electron chi connectivity index (χ1n) is 7.08. The van der Waals surface area contributed by atoms with Gasteiger partial charge in [-0.25, -0.2) is 0 Å². The quantitative estimate of drug-likeness (QED) is 0.802. The van der Waals surface area contributed by atoms with Gasteiger partial charge in [0.1, 0.15) is 17.1 Å². The van der Waals surface area contributed by atoms with Crippen molar-refractivity contribution in [3.8, 4) is 17.6 Å². The molecule has 0 aromatic heterocycles. The Morgan fingerprint density at radius 3 is 2.55 bits per heavy atom. The highest BCUT2D eigenvalue weighted by Crippen LogP contribution is 2.31. The number of hydrogen-bond acceptors (Lipinski definition) is 4. The van der Waals surface area contributed by atoms with Gasteiger partial charge in [-0.15, -0.1) is 5.92 Å². The monoisotopic (exact) mass is 321 g/mol. The molecule has 1 aliphatic heterocycles. The van der Waals surface area contributed by atoms with Crippen LogP contribution in [0, 0.1) is 11.8 Å². The van der Waals surface area contributed by atoms with Gasteiger partial charge in [-0.1, -0.05) is 5.92 Å². The minimum absolute atomic E-state index is 0.295. The van der Waals surface area contributed by atoms with E-state index >= 15 is 0 Å². The first-order valence-corrected chi connectivity index (χ1v) is 8.23. The van der Waals surface area contributed by atoms with Crippen LogP contribution in [0.25, 0.3) is 0 Å². The summed E-state index contributed by atoms with van der Waals surface area (Å²) in [5.41, 5.74) is 0. The van der Waals surface area contributed by atoms with E-state index in [2.05, 4.69) is 17.2 Å². The molecular formula is C16H19NO4S. The average Bonchev–Trinajstić information content (AvgIpc) is 2.55. The largest absolute Gasteiger partial charge is 0.481 e. The maximum absolute atomic E-state index is 12.8. The van der Waals surface area contributed by atoms with Crippen LogP contribution in [0.15, 0.2) is 29.2 Å². The number of nitrogens with one attached hydrogen (secondary N) is 1. The topological polar surface area (TPSA) is 75.6 Å². The normalized spacial score (nSPS) is 17.9. The molecule has 5 nitrogen and oxygen atoms in total. The van der Waals surface area contributed by atoms with E-state index in [1.54, 1.807) is 31.2 Å². The molecule has 118 valence electrons. The number of carboxylic acids is 1. The number of carbonyl (C=O) groups is 1. The number of ether oxygens (including phenoxy) is 1. The third-order valence-corrected chi connectivity index (χ3v) is 5.67. The Morgan fingerprint density at radius 1 is 1.36 bits per heavy atom. The zero-order chi connectivity index (χ0) is 16.0. The summed E-state index contributed by atoms with van der Waals surface area (Å²) in [7, 11) is -1.60. The van der Waals surface area contributed by atoms with E-state index in [-0.39, 0.29) is 0 Å². The SMILES string of the molecule is CC#CCOc1ccc(S(=O)C2(C(=O)O)CCNCC2)cc1. The lowest BCUT2D eigenvalue weighted by molar-refractivity contribution is -0.140. The van der Waals surface area contributed by atoms with Crippen LogP contribution in [0.4, 0.5) is 0 Å². The molecule has 1 heterocycles. The molecule has 0 aliphatic carbocycles. The molecule has 0 saturated carbocycles. The van der Waals surface area contributed by atoms with Crippen LogP contribution in [0.2, 0.25) is 0 Å². The van der Waals surface area contributed by atoms with E-state index in [1.807, 2.05) is 0 Å². The molecule has 2 rings (SSSR count). The van der Waals surface area contributed by atoms with Gasteiger partial charge in [-0.05, 0) is 57.1 Å². The van der Waals surface area contributed by atoms with E-state index < -0.39 is 21.5 Å². The highest BCUT2D eigenvalue weighted by molar-refractivity contribution is 7.87. The Labute approximate surface area is 132 Å². The number of carboxylic acid groups (broad SMARTS) is 1. The van der Waals surface area contributed by atoms with Gasteiger partial charge in [0.15, 0.2) is 0 Å². The summed E-state index contributed by atoms with van der Waals surface area (Å²) < 4.78 is 17.0. The molecule has 0 spiro atoms. The van der Waals surface area contributed by atoms with Crippen LogP contribution in [-0.4, -0.2) is 39.7 Å². The van der Waals surface area contributed by atoms with Crippen molar-refractivity contribution in [2.24, 2.45) is 0 Å². The van der Waals surface area contributed by atoms with Crippen molar-refractivity contribution >= 4 is 16.8 Å². The molecule has 0 amide bonds. The van der Waals surface area contributed by atoms with Crippen LogP contribution in [-0.2, 0) is 15.6 Å². The van der Waals surface area contributed by atoms with Crippen LogP contribution >= 0.6 is 0 Å². The molecule has 1 aromatic carbocycles. The van der Waals surface area contributed by atoms with Crippen molar-refractivity contribution in [1.29, 1.82) is 0 Å². The molecule has 1 aromatic rings. The maximum Gasteiger partial charge on any atom is 0.322 e. The Hall–Kier alpha value is -1.84. The lowest BCUT2D eigenvalue weighted by atomic mass is 9.97. The Morgan fingerprint density at radius 2 is 2.00 bits per heavy atom. The molecule has 22 heavy (non-hydrogen) atoms. The van der Waals surface area contributed by atoms with E-state index in [0.29, 0.717) is 43.2 Å². The van der Waals surface area contributed by atoms with Crippen LogP contribution in [0.5, 0.6) is 5.75 Å². The molecule has 0 bridgehead atoms. The van der Waals surface area contributed by atoms with Crippen LogP contribution in [0.3, 0.4) is 0 Å². The summed E-state index contributed by atoms with van der Waals surface area (Å²) in [6, 6.07) is 6.72. The van der Waals surface area contributed by atoms with Gasteiger partial charge in [0.05, 0.1) is 10.8 Å². The number of aliphatic carboxylic acids is 1. The molecule has 1 unspecified atom stereocenters. The van der Waals surface area contributed by atoms with Gasteiger partial charge < -0.3 is 15.2 Å². The second-order valence-corrected chi connectivity index (χ2v) is 6.80. The first-order chi connectivity index (χ1) is 10.6. The Bertz CT molecular complexity index is 609. The summed E-state index contributed by atoms with van der Waals surface area (Å²) in [5, 5.41) is 12.7. The lowest BCUT2D eigenvalue weighted by Crippen LogP contribution is -2.50. The minimum atomic E-state index is -1.60. The summed E-state index contributed by atoms with van der Waals surface area (Å²) >= 11 is 0. The van der Waals surface area contributed by atoms with Crippen molar-refractivity contribution in [3.63, 3.8) is 0 Å². The predicted molar refractivity (Wildman–Crippen MR) is 84.3 cm³/mol. The van der Waals surface area contributed by atoms with Crippen molar-refractivity contribution < 1.29 is 18.8 Å². The lowest BCUT2D eigenvalue weighted by Gasteiger charge is -2.32. The molecular weight excluding hydrogens is 302 g/mol. The second-order valence-electron chi connectivity index (χ2n) is 5.01. The molecule has 2 N–H and O–H groups in total. The van der Waals surface area contributed by atoms with Gasteiger partial charge in [-0.2, -0.15) is 0 Å². The fourth-order valence-corrected chi connectivity index (χ4v) is 3.95. The second kappa shape index (κ2) is 7.43. The van der Waals surface area contributed by atoms with Crippen molar-refractivity contribution in [3.05, 3.63) is 24.3 Å². The van der Waals surface area contributed by atoms with E-state index in [4.69, 9.17) is 4.74 Å². The zero-order valence-electron chi connectivity index (χ0n) is 12.4. The number of hydrogen-bond donors (Lipinski definition) is 2. The van der Waals surface area contributed by atoms with E-state index in [0.717, 1.165) is 0 Å². The standard InChI is InChI=1S/C16H19NO4S/c1-2-3-12-21-13-4-6-14(7-5-13)22(20)16(15(18)19)8-10-17-11-9-16/h4-7,17H,8-12H2,1H3,(H,18,19). The molecule has 1 saturated heterocycles. The summed E-state index contributed by atoms with van der Waals surface area (Å²) in [4.78, 5) is 12.2. The Balaban J connectivity index is 2.16. The smallest absolute Gasteiger partial charge is 0.322 e. The molecule has 0 radical (unpaired) electrons. The van der Waals surface area contributed by atoms with Crippen molar-refractivity contribution in [1.82, 2.24) is 5.32 Å². The van der Waals surface area contributed by atoms with Gasteiger partial charge in [-0.3, -0.25) is 9.00 Å². The van der Waals surface area contributed by atoms with Crippen LogP contribution < -0.4 is 10.1 Å². The van der Waals surface area contributed by atoms with Gasteiger partial charge in [0, 0.05) is 4.90 Å². The molecule has 1 atom stereocenters. The van der Waals surface area contributed by atoms with E-state index in [1.165, 1.54) is 0 Å². The zero-order valence-corrected chi connectivity index (χ0v) is 13.2. The van der Waals surface area contributed by atoms with Gasteiger partial charge >= 0.3 is 5.97 Å². The minimum Gasteiger partial charge on any atom is -0.481 e. The van der Waals surface area contributed by atoms with Gasteiger partial charge in [0.2, 0.25) is 0 Å². The third kappa shape index (κ3) is 3.49. The van der Waals surface area contributed by atoms with Crippen LogP contribution in [0.1, 0.15) is 19.8 Å². The fraction of sp³-hybridized carbons (Fsp3) is 0.438. The third-order valence-electron chi connectivity index (χ3n) is 3.68. The predicted octanol–water partition coefficient (Wildman–Crippen LogP) is 1.40. The highest BCUT2D eigenvalue weighted by atomic mass is 32.2. The maximum atomic E-state index is 12.8. The summed E-state index contributed by atoms with van der Waals surface area (Å²) in [6.45, 7) is 3.16. The molecule has 6 heteroatoms. The highest BCUT2D eigenvalue weighted by Gasteiger charge is 2.46. The Kier molecular flexibility index (Phi) is 5.58. The number of rotatable bonds is 5. The molecule has 1 aliphatic rings. The van der Waals surface area contributed by atoms with E-state index in [9.17, 15) is 14.1 Å². The number of benzene rings is 1. The fourth-order valence-electron chi connectivity index (χ4n) is 2.39. The van der Waals surface area contributed by atoms with Crippen molar-refractivity contribution in [2.75, 3.05) is 19.7 Å². The first kappa shape index (κ1) is 16.5.